The molecule has 2 unspecified atom stereocenters. The molecule has 0 aromatic carbocycles. The van der Waals surface area contributed by atoms with Crippen molar-refractivity contribution in [2.45, 2.75) is 63.5 Å². The minimum Gasteiger partial charge on any atom is -0.481 e. The second kappa shape index (κ2) is 4.79. The Balaban J connectivity index is 1.61. The fourth-order valence-electron chi connectivity index (χ4n) is 4.18. The SMILES string of the molecule is N#CCC1(CN2C3CCC2CC(CC(=O)O)C3)CC1. The van der Waals surface area contributed by atoms with Crippen molar-refractivity contribution in [2.24, 2.45) is 11.3 Å². The Bertz CT molecular complexity index is 397. The molecule has 4 heteroatoms. The van der Waals surface area contributed by atoms with E-state index >= 15 is 0 Å². The molecule has 2 saturated heterocycles. The summed E-state index contributed by atoms with van der Waals surface area (Å²) in [6, 6.07) is 3.51. The van der Waals surface area contributed by atoms with Gasteiger partial charge in [0.1, 0.15) is 0 Å². The number of carbonyl (C=O) groups is 1. The number of aliphatic carboxylic acids is 1. The van der Waals surface area contributed by atoms with Crippen LogP contribution in [-0.2, 0) is 4.79 Å². The zero-order valence-corrected chi connectivity index (χ0v) is 11.3. The third-order valence-electron chi connectivity index (χ3n) is 5.37. The summed E-state index contributed by atoms with van der Waals surface area (Å²) in [7, 11) is 0. The van der Waals surface area contributed by atoms with E-state index in [-0.39, 0.29) is 5.41 Å². The molecule has 0 spiro atoms. The number of carboxylic acids is 1. The molecule has 4 nitrogen and oxygen atoms in total. The largest absolute Gasteiger partial charge is 0.481 e. The average Bonchev–Trinajstić information content (AvgIpc) is 3.04. The van der Waals surface area contributed by atoms with E-state index in [1.165, 1.54) is 25.7 Å². The van der Waals surface area contributed by atoms with Crippen molar-refractivity contribution in [3.05, 3.63) is 0 Å². The number of nitrogens with zero attached hydrogens (tertiary/aromatic N) is 2. The maximum Gasteiger partial charge on any atom is 0.303 e. The third-order valence-corrected chi connectivity index (χ3v) is 5.37. The van der Waals surface area contributed by atoms with Crippen molar-refractivity contribution in [2.75, 3.05) is 6.54 Å². The molecule has 2 bridgehead atoms. The van der Waals surface area contributed by atoms with Crippen LogP contribution in [0.1, 0.15) is 51.4 Å². The van der Waals surface area contributed by atoms with E-state index < -0.39 is 5.97 Å². The number of hydrogen-bond donors (Lipinski definition) is 1. The second-order valence-electron chi connectivity index (χ2n) is 6.83. The first-order valence-corrected chi connectivity index (χ1v) is 7.46. The zero-order valence-electron chi connectivity index (χ0n) is 11.3. The zero-order chi connectivity index (χ0) is 13.5. The first-order valence-electron chi connectivity index (χ1n) is 7.46. The maximum absolute atomic E-state index is 10.9. The van der Waals surface area contributed by atoms with Crippen LogP contribution in [0.3, 0.4) is 0 Å². The highest BCUT2D eigenvalue weighted by atomic mass is 16.4. The van der Waals surface area contributed by atoms with Crippen molar-refractivity contribution in [1.29, 1.82) is 5.26 Å². The van der Waals surface area contributed by atoms with Gasteiger partial charge in [-0.1, -0.05) is 0 Å². The first-order chi connectivity index (χ1) is 9.12. The molecule has 3 aliphatic rings. The minimum absolute atomic E-state index is 0.287. The number of hydrogen-bond acceptors (Lipinski definition) is 3. The summed E-state index contributed by atoms with van der Waals surface area (Å²) in [6.07, 6.45) is 7.99. The van der Waals surface area contributed by atoms with Crippen LogP contribution in [0.15, 0.2) is 0 Å². The molecule has 19 heavy (non-hydrogen) atoms. The average molecular weight is 262 g/mol. The highest BCUT2D eigenvalue weighted by Crippen LogP contribution is 2.52. The molecule has 2 atom stereocenters. The molecule has 2 heterocycles. The summed E-state index contributed by atoms with van der Waals surface area (Å²) in [5.41, 5.74) is 0.287. The summed E-state index contributed by atoms with van der Waals surface area (Å²) < 4.78 is 0. The Morgan fingerprint density at radius 3 is 2.42 bits per heavy atom. The summed E-state index contributed by atoms with van der Waals surface area (Å²) in [4.78, 5) is 13.5. The Morgan fingerprint density at radius 1 is 1.32 bits per heavy atom. The van der Waals surface area contributed by atoms with Gasteiger partial charge < -0.3 is 5.11 Å². The van der Waals surface area contributed by atoms with E-state index in [1.54, 1.807) is 0 Å². The molecular weight excluding hydrogens is 240 g/mol. The van der Waals surface area contributed by atoms with E-state index in [0.29, 0.717) is 30.8 Å². The predicted octanol–water partition coefficient (Wildman–Crippen LogP) is 2.40. The molecule has 0 aromatic heterocycles. The van der Waals surface area contributed by atoms with E-state index in [1.807, 2.05) is 0 Å². The number of piperidine rings is 1. The molecular formula is C15H22N2O2. The van der Waals surface area contributed by atoms with Crippen LogP contribution in [0.25, 0.3) is 0 Å². The van der Waals surface area contributed by atoms with Crippen molar-refractivity contribution >= 4 is 5.97 Å². The van der Waals surface area contributed by atoms with Gasteiger partial charge in [0, 0.05) is 31.5 Å². The van der Waals surface area contributed by atoms with Crippen LogP contribution in [-0.4, -0.2) is 34.6 Å². The van der Waals surface area contributed by atoms with Crippen LogP contribution in [0.2, 0.25) is 0 Å². The number of rotatable bonds is 5. The van der Waals surface area contributed by atoms with E-state index in [0.717, 1.165) is 19.4 Å². The fourth-order valence-corrected chi connectivity index (χ4v) is 4.18. The fraction of sp³-hybridized carbons (Fsp3) is 0.867. The van der Waals surface area contributed by atoms with Crippen LogP contribution < -0.4 is 0 Å². The monoisotopic (exact) mass is 262 g/mol. The van der Waals surface area contributed by atoms with Gasteiger partial charge in [-0.15, -0.1) is 0 Å². The Kier molecular flexibility index (Phi) is 3.26. The molecule has 104 valence electrons. The predicted molar refractivity (Wildman–Crippen MR) is 70.4 cm³/mol. The lowest BCUT2D eigenvalue weighted by atomic mass is 9.87. The Labute approximate surface area is 114 Å². The lowest BCUT2D eigenvalue weighted by Gasteiger charge is -2.40. The van der Waals surface area contributed by atoms with Gasteiger partial charge in [-0.05, 0) is 49.9 Å². The van der Waals surface area contributed by atoms with Crippen LogP contribution in [0, 0.1) is 22.7 Å². The number of nitriles is 1. The normalized spacial score (nSPS) is 35.8. The molecule has 2 aliphatic heterocycles. The highest BCUT2D eigenvalue weighted by molar-refractivity contribution is 5.67. The molecule has 1 aliphatic carbocycles. The van der Waals surface area contributed by atoms with E-state index in [4.69, 9.17) is 10.4 Å². The highest BCUT2D eigenvalue weighted by Gasteiger charge is 2.49. The lowest BCUT2D eigenvalue weighted by molar-refractivity contribution is -0.138. The molecule has 1 N–H and O–H groups in total. The molecule has 1 saturated carbocycles. The van der Waals surface area contributed by atoms with Gasteiger partial charge in [-0.3, -0.25) is 9.69 Å². The van der Waals surface area contributed by atoms with Crippen LogP contribution in [0.5, 0.6) is 0 Å². The molecule has 3 fully saturated rings. The number of carboxylic acid groups (broad SMARTS) is 1. The maximum atomic E-state index is 10.9. The second-order valence-corrected chi connectivity index (χ2v) is 6.83. The van der Waals surface area contributed by atoms with Crippen LogP contribution in [0.4, 0.5) is 0 Å². The molecule has 3 rings (SSSR count). The van der Waals surface area contributed by atoms with Crippen molar-refractivity contribution in [3.63, 3.8) is 0 Å². The van der Waals surface area contributed by atoms with Gasteiger partial charge in [0.25, 0.3) is 0 Å². The van der Waals surface area contributed by atoms with Crippen molar-refractivity contribution in [3.8, 4) is 6.07 Å². The third kappa shape index (κ3) is 2.62. The van der Waals surface area contributed by atoms with Gasteiger partial charge in [0.05, 0.1) is 6.07 Å². The molecule has 0 aromatic rings. The minimum atomic E-state index is -0.652. The van der Waals surface area contributed by atoms with Gasteiger partial charge in [0.15, 0.2) is 0 Å². The summed E-state index contributed by atoms with van der Waals surface area (Å²) in [5.74, 6) is -0.279. The Morgan fingerprint density at radius 2 is 1.95 bits per heavy atom. The summed E-state index contributed by atoms with van der Waals surface area (Å²) in [6.45, 7) is 1.08. The topological polar surface area (TPSA) is 64.3 Å². The van der Waals surface area contributed by atoms with Gasteiger partial charge in [0.2, 0.25) is 0 Å². The number of fused-ring (bicyclic) bond motifs is 2. The van der Waals surface area contributed by atoms with E-state index in [2.05, 4.69) is 11.0 Å². The van der Waals surface area contributed by atoms with E-state index in [9.17, 15) is 4.79 Å². The smallest absolute Gasteiger partial charge is 0.303 e. The van der Waals surface area contributed by atoms with Gasteiger partial charge >= 0.3 is 5.97 Å². The molecule has 0 radical (unpaired) electrons. The first kappa shape index (κ1) is 12.9. The van der Waals surface area contributed by atoms with Crippen LogP contribution >= 0.6 is 0 Å². The standard InChI is InChI=1S/C15H22N2O2/c16-6-5-15(3-4-15)10-17-12-1-2-13(17)8-11(7-12)9-14(18)19/h11-13H,1-5,7-10H2,(H,18,19). The van der Waals surface area contributed by atoms with Gasteiger partial charge in [-0.25, -0.2) is 0 Å². The molecule has 0 amide bonds. The summed E-state index contributed by atoms with van der Waals surface area (Å²) in [5, 5.41) is 17.9. The van der Waals surface area contributed by atoms with Gasteiger partial charge in [-0.2, -0.15) is 5.26 Å². The Hall–Kier alpha value is -1.08. The van der Waals surface area contributed by atoms with Crippen molar-refractivity contribution in [1.82, 2.24) is 4.90 Å². The van der Waals surface area contributed by atoms with Crippen molar-refractivity contribution < 1.29 is 9.90 Å². The summed E-state index contributed by atoms with van der Waals surface area (Å²) >= 11 is 0. The quantitative estimate of drug-likeness (QED) is 0.826. The lowest BCUT2D eigenvalue weighted by Crippen LogP contribution is -2.46.